The first-order valence-electron chi connectivity index (χ1n) is 6.16. The normalized spacial score (nSPS) is 31.6. The fraction of sp³-hybridized carbons (Fsp3) is 1.00. The second-order valence-corrected chi connectivity index (χ2v) is 7.45. The van der Waals surface area contributed by atoms with Crippen LogP contribution in [0.15, 0.2) is 0 Å². The van der Waals surface area contributed by atoms with Crippen molar-refractivity contribution in [2.45, 2.75) is 37.8 Å². The third kappa shape index (κ3) is 2.76. The summed E-state index contributed by atoms with van der Waals surface area (Å²) in [4.78, 5) is 2.23. The van der Waals surface area contributed by atoms with Gasteiger partial charge in [0, 0.05) is 18.6 Å². The van der Waals surface area contributed by atoms with E-state index in [0.29, 0.717) is 30.0 Å². The van der Waals surface area contributed by atoms with Crippen LogP contribution in [-0.4, -0.2) is 50.5 Å². The fourth-order valence-corrected chi connectivity index (χ4v) is 4.52. The molecule has 5 heteroatoms. The van der Waals surface area contributed by atoms with Crippen LogP contribution in [-0.2, 0) is 9.84 Å². The van der Waals surface area contributed by atoms with E-state index in [1.54, 1.807) is 0 Å². The Morgan fingerprint density at radius 2 is 2.06 bits per heavy atom. The second-order valence-electron chi connectivity index (χ2n) is 5.22. The molecule has 1 aliphatic heterocycles. The fourth-order valence-electron chi connectivity index (χ4n) is 2.76. The molecule has 16 heavy (non-hydrogen) atoms. The van der Waals surface area contributed by atoms with Crippen molar-refractivity contribution in [2.24, 2.45) is 11.7 Å². The first-order valence-corrected chi connectivity index (χ1v) is 7.98. The molecule has 2 aliphatic rings. The molecule has 2 N–H and O–H groups in total. The lowest BCUT2D eigenvalue weighted by molar-refractivity contribution is 0.160. The smallest absolute Gasteiger partial charge is 0.151 e. The maximum atomic E-state index is 11.6. The van der Waals surface area contributed by atoms with Crippen molar-refractivity contribution >= 4 is 9.84 Å². The Kier molecular flexibility index (Phi) is 3.56. The summed E-state index contributed by atoms with van der Waals surface area (Å²) in [6, 6.07) is 0.575. The van der Waals surface area contributed by atoms with Crippen LogP contribution in [0, 0.1) is 5.92 Å². The molecule has 0 spiro atoms. The largest absolute Gasteiger partial charge is 0.329 e. The van der Waals surface area contributed by atoms with Gasteiger partial charge in [0.05, 0.1) is 11.5 Å². The lowest BCUT2D eigenvalue weighted by Gasteiger charge is -2.36. The number of hydrogen-bond acceptors (Lipinski definition) is 4. The Balaban J connectivity index is 1.99. The van der Waals surface area contributed by atoms with Crippen molar-refractivity contribution in [1.82, 2.24) is 4.90 Å². The maximum absolute atomic E-state index is 11.6. The van der Waals surface area contributed by atoms with Gasteiger partial charge in [-0.15, -0.1) is 0 Å². The van der Waals surface area contributed by atoms with E-state index >= 15 is 0 Å². The minimum atomic E-state index is -2.81. The predicted octanol–water partition coefficient (Wildman–Crippen LogP) is 0.233. The molecule has 0 aromatic carbocycles. The van der Waals surface area contributed by atoms with Gasteiger partial charge in [-0.1, -0.05) is 0 Å². The zero-order valence-electron chi connectivity index (χ0n) is 9.93. The van der Waals surface area contributed by atoms with Crippen molar-refractivity contribution in [3.63, 3.8) is 0 Å². The van der Waals surface area contributed by atoms with E-state index in [4.69, 9.17) is 5.73 Å². The van der Waals surface area contributed by atoms with E-state index in [9.17, 15) is 8.42 Å². The number of rotatable bonds is 4. The zero-order chi connectivity index (χ0) is 11.8. The topological polar surface area (TPSA) is 63.4 Å². The number of likely N-dealkylation sites (N-methyl/N-ethyl adjacent to an activating group) is 1. The predicted molar refractivity (Wildman–Crippen MR) is 65.0 cm³/mol. The van der Waals surface area contributed by atoms with Crippen molar-refractivity contribution in [3.8, 4) is 0 Å². The third-order valence-electron chi connectivity index (χ3n) is 3.95. The SMILES string of the molecule is CN(C1CCCS(=O)(=O)C1)C(CN)C1CC1. The monoisotopic (exact) mass is 246 g/mol. The highest BCUT2D eigenvalue weighted by atomic mass is 32.2. The van der Waals surface area contributed by atoms with Crippen LogP contribution < -0.4 is 5.73 Å². The van der Waals surface area contributed by atoms with Crippen LogP contribution in [0.5, 0.6) is 0 Å². The highest BCUT2D eigenvalue weighted by Gasteiger charge is 2.37. The molecule has 4 nitrogen and oxygen atoms in total. The van der Waals surface area contributed by atoms with Gasteiger partial charge in [-0.3, -0.25) is 4.90 Å². The summed E-state index contributed by atoms with van der Waals surface area (Å²) >= 11 is 0. The molecule has 2 unspecified atom stereocenters. The highest BCUT2D eigenvalue weighted by Crippen LogP contribution is 2.36. The molecule has 2 fully saturated rings. The molecule has 0 radical (unpaired) electrons. The molecule has 2 rings (SSSR count). The molecule has 1 heterocycles. The van der Waals surface area contributed by atoms with E-state index in [2.05, 4.69) is 4.90 Å². The van der Waals surface area contributed by atoms with Crippen LogP contribution in [0.4, 0.5) is 0 Å². The molecule has 0 amide bonds. The molecule has 1 aliphatic carbocycles. The van der Waals surface area contributed by atoms with Crippen molar-refractivity contribution in [2.75, 3.05) is 25.1 Å². The quantitative estimate of drug-likeness (QED) is 0.771. The minimum Gasteiger partial charge on any atom is -0.329 e. The van der Waals surface area contributed by atoms with Gasteiger partial charge < -0.3 is 5.73 Å². The standard InChI is InChI=1S/C11H22N2O2S/c1-13(11(7-12)9-4-5-9)10-3-2-6-16(14,15)8-10/h9-11H,2-8,12H2,1H3. The van der Waals surface area contributed by atoms with Gasteiger partial charge in [-0.25, -0.2) is 8.42 Å². The van der Waals surface area contributed by atoms with Gasteiger partial charge in [0.1, 0.15) is 0 Å². The van der Waals surface area contributed by atoms with E-state index in [1.807, 2.05) is 7.05 Å². The van der Waals surface area contributed by atoms with Gasteiger partial charge in [0.2, 0.25) is 0 Å². The Hall–Kier alpha value is -0.130. The van der Waals surface area contributed by atoms with Gasteiger partial charge in [0.25, 0.3) is 0 Å². The van der Waals surface area contributed by atoms with E-state index in [-0.39, 0.29) is 6.04 Å². The Labute approximate surface area is 98.1 Å². The molecule has 2 atom stereocenters. The van der Waals surface area contributed by atoms with Crippen molar-refractivity contribution in [3.05, 3.63) is 0 Å². The lowest BCUT2D eigenvalue weighted by atomic mass is 10.1. The summed E-state index contributed by atoms with van der Waals surface area (Å²) in [5.74, 6) is 1.40. The molecule has 0 bridgehead atoms. The van der Waals surface area contributed by atoms with E-state index in [0.717, 1.165) is 12.8 Å². The maximum Gasteiger partial charge on any atom is 0.151 e. The number of sulfone groups is 1. The summed E-state index contributed by atoms with van der Waals surface area (Å²) in [6.45, 7) is 0.651. The van der Waals surface area contributed by atoms with Crippen LogP contribution in [0.1, 0.15) is 25.7 Å². The van der Waals surface area contributed by atoms with Crippen LogP contribution >= 0.6 is 0 Å². The van der Waals surface area contributed by atoms with Gasteiger partial charge in [-0.05, 0) is 38.6 Å². The first-order chi connectivity index (χ1) is 7.53. The molecular weight excluding hydrogens is 224 g/mol. The highest BCUT2D eigenvalue weighted by molar-refractivity contribution is 7.91. The summed E-state index contributed by atoms with van der Waals surface area (Å²) in [5.41, 5.74) is 5.80. The van der Waals surface area contributed by atoms with Crippen LogP contribution in [0.2, 0.25) is 0 Å². The summed E-state index contributed by atoms with van der Waals surface area (Å²) in [6.07, 6.45) is 4.32. The molecule has 0 aromatic rings. The van der Waals surface area contributed by atoms with Gasteiger partial charge in [0.15, 0.2) is 9.84 Å². The van der Waals surface area contributed by atoms with Crippen LogP contribution in [0.25, 0.3) is 0 Å². The van der Waals surface area contributed by atoms with Gasteiger partial charge in [-0.2, -0.15) is 0 Å². The average Bonchev–Trinajstić information content (AvgIpc) is 3.01. The Bertz CT molecular complexity index is 338. The Morgan fingerprint density at radius 3 is 2.56 bits per heavy atom. The summed E-state index contributed by atoms with van der Waals surface area (Å²) in [5, 5.41) is 0. The van der Waals surface area contributed by atoms with E-state index < -0.39 is 9.84 Å². The third-order valence-corrected chi connectivity index (χ3v) is 5.75. The number of hydrogen-bond donors (Lipinski definition) is 1. The zero-order valence-corrected chi connectivity index (χ0v) is 10.7. The number of nitrogens with zero attached hydrogens (tertiary/aromatic N) is 1. The molecule has 0 aromatic heterocycles. The van der Waals surface area contributed by atoms with E-state index in [1.165, 1.54) is 12.8 Å². The summed E-state index contributed by atoms with van der Waals surface area (Å²) in [7, 11) is -0.763. The molecule has 1 saturated carbocycles. The summed E-state index contributed by atoms with van der Waals surface area (Å²) < 4.78 is 23.2. The first kappa shape index (κ1) is 12.3. The molecule has 1 saturated heterocycles. The average molecular weight is 246 g/mol. The van der Waals surface area contributed by atoms with Crippen LogP contribution in [0.3, 0.4) is 0 Å². The van der Waals surface area contributed by atoms with Crippen molar-refractivity contribution in [1.29, 1.82) is 0 Å². The Morgan fingerprint density at radius 1 is 1.38 bits per heavy atom. The van der Waals surface area contributed by atoms with Crippen molar-refractivity contribution < 1.29 is 8.42 Å². The second kappa shape index (κ2) is 4.63. The number of nitrogens with two attached hydrogens (primary N) is 1. The molecule has 94 valence electrons. The van der Waals surface area contributed by atoms with Gasteiger partial charge >= 0.3 is 0 Å². The minimum absolute atomic E-state index is 0.188. The molecular formula is C11H22N2O2S. The lowest BCUT2D eigenvalue weighted by Crippen LogP contribution is -2.50.